The van der Waals surface area contributed by atoms with E-state index < -0.39 is 18.0 Å². The maximum Gasteiger partial charge on any atom is 0.414 e. The van der Waals surface area contributed by atoms with E-state index in [1.165, 1.54) is 17.9 Å². The molecule has 6 nitrogen and oxygen atoms in total. The summed E-state index contributed by atoms with van der Waals surface area (Å²) in [7, 11) is 0. The van der Waals surface area contributed by atoms with E-state index in [-0.39, 0.29) is 25.0 Å². The van der Waals surface area contributed by atoms with Gasteiger partial charge in [-0.25, -0.2) is 9.18 Å². The summed E-state index contributed by atoms with van der Waals surface area (Å²) in [6, 6.07) is 12.2. The molecule has 7 heteroatoms. The standard InChI is InChI=1S/C23H24FN3O3/c1-4-15(2)25-12-17-5-7-18(8-6-17)21-10-9-19(11-22(21)24)27-14-20(30-23(27)29)13-26-16(3)28/h1,5-11,15,20,25H,12-14H2,2-3H3,(H,26,28). The van der Waals surface area contributed by atoms with Crippen LogP contribution in [0.4, 0.5) is 14.9 Å². The van der Waals surface area contributed by atoms with Crippen LogP contribution >= 0.6 is 0 Å². The summed E-state index contributed by atoms with van der Waals surface area (Å²) < 4.78 is 20.0. The number of cyclic esters (lactones) is 1. The molecule has 2 N–H and O–H groups in total. The van der Waals surface area contributed by atoms with E-state index >= 15 is 0 Å². The summed E-state index contributed by atoms with van der Waals surface area (Å²) in [5, 5.41) is 5.81. The van der Waals surface area contributed by atoms with E-state index in [0.717, 1.165) is 11.1 Å². The van der Waals surface area contributed by atoms with Gasteiger partial charge in [0.15, 0.2) is 0 Å². The Balaban J connectivity index is 1.69. The van der Waals surface area contributed by atoms with E-state index in [1.807, 2.05) is 31.2 Å². The monoisotopic (exact) mass is 409 g/mol. The minimum atomic E-state index is -0.560. The number of anilines is 1. The number of terminal acetylenes is 1. The van der Waals surface area contributed by atoms with Gasteiger partial charge in [-0.15, -0.1) is 6.42 Å². The van der Waals surface area contributed by atoms with Crippen molar-refractivity contribution >= 4 is 17.7 Å². The second-order valence-electron chi connectivity index (χ2n) is 7.18. The Bertz CT molecular complexity index is 969. The molecule has 1 fully saturated rings. The quantitative estimate of drug-likeness (QED) is 0.690. The first-order valence-electron chi connectivity index (χ1n) is 9.68. The third-order valence-corrected chi connectivity index (χ3v) is 4.84. The lowest BCUT2D eigenvalue weighted by Gasteiger charge is -2.15. The number of ether oxygens (including phenoxy) is 1. The van der Waals surface area contributed by atoms with Gasteiger partial charge in [0, 0.05) is 19.0 Å². The van der Waals surface area contributed by atoms with Crippen LogP contribution in [0.2, 0.25) is 0 Å². The van der Waals surface area contributed by atoms with Crippen LogP contribution in [0.5, 0.6) is 0 Å². The average molecular weight is 409 g/mol. The van der Waals surface area contributed by atoms with Crippen molar-refractivity contribution in [3.05, 3.63) is 53.8 Å². The number of nitrogens with one attached hydrogen (secondary N) is 2. The molecule has 0 spiro atoms. The van der Waals surface area contributed by atoms with Crippen LogP contribution in [-0.2, 0) is 16.1 Å². The molecule has 2 aromatic rings. The Hall–Kier alpha value is -3.37. The minimum Gasteiger partial charge on any atom is -0.442 e. The molecule has 0 aliphatic carbocycles. The van der Waals surface area contributed by atoms with E-state index in [9.17, 15) is 14.0 Å². The fourth-order valence-electron chi connectivity index (χ4n) is 3.13. The molecule has 0 bridgehead atoms. The van der Waals surface area contributed by atoms with Gasteiger partial charge in [0.25, 0.3) is 0 Å². The van der Waals surface area contributed by atoms with Crippen molar-refractivity contribution in [3.63, 3.8) is 0 Å². The van der Waals surface area contributed by atoms with Crippen LogP contribution < -0.4 is 15.5 Å². The molecule has 2 amide bonds. The molecule has 2 unspecified atom stereocenters. The van der Waals surface area contributed by atoms with E-state index in [2.05, 4.69) is 16.6 Å². The first kappa shape index (κ1) is 21.3. The number of hydrogen-bond acceptors (Lipinski definition) is 4. The van der Waals surface area contributed by atoms with E-state index in [1.54, 1.807) is 12.1 Å². The van der Waals surface area contributed by atoms with Crippen LogP contribution in [-0.4, -0.2) is 37.2 Å². The van der Waals surface area contributed by atoms with Crippen LogP contribution in [0.15, 0.2) is 42.5 Å². The number of benzene rings is 2. The molecule has 30 heavy (non-hydrogen) atoms. The Morgan fingerprint density at radius 3 is 2.70 bits per heavy atom. The van der Waals surface area contributed by atoms with Crippen molar-refractivity contribution in [2.75, 3.05) is 18.0 Å². The SMILES string of the molecule is C#CC(C)NCc1ccc(-c2ccc(N3CC(CNC(C)=O)OC3=O)cc2F)cc1. The smallest absolute Gasteiger partial charge is 0.414 e. The lowest BCUT2D eigenvalue weighted by atomic mass is 10.0. The fraction of sp³-hybridized carbons (Fsp3) is 0.304. The van der Waals surface area contributed by atoms with Crippen LogP contribution in [0, 0.1) is 18.2 Å². The highest BCUT2D eigenvalue weighted by atomic mass is 19.1. The number of halogens is 1. The molecule has 1 saturated heterocycles. The van der Waals surface area contributed by atoms with Gasteiger partial charge in [0.2, 0.25) is 5.91 Å². The molecule has 0 saturated carbocycles. The first-order chi connectivity index (χ1) is 14.4. The molecule has 1 heterocycles. The maximum atomic E-state index is 14.8. The zero-order valence-electron chi connectivity index (χ0n) is 16.9. The average Bonchev–Trinajstić information content (AvgIpc) is 3.11. The van der Waals surface area contributed by atoms with Crippen LogP contribution in [0.25, 0.3) is 11.1 Å². The number of nitrogens with zero attached hydrogens (tertiary/aromatic N) is 1. The van der Waals surface area contributed by atoms with E-state index in [0.29, 0.717) is 17.8 Å². The van der Waals surface area contributed by atoms with Crippen molar-refractivity contribution in [1.29, 1.82) is 0 Å². The predicted molar refractivity (Wildman–Crippen MR) is 113 cm³/mol. The fourth-order valence-corrected chi connectivity index (χ4v) is 3.13. The topological polar surface area (TPSA) is 70.7 Å². The number of carbonyl (C=O) groups is 2. The van der Waals surface area contributed by atoms with Crippen LogP contribution in [0.3, 0.4) is 0 Å². The highest BCUT2D eigenvalue weighted by molar-refractivity contribution is 5.90. The zero-order valence-corrected chi connectivity index (χ0v) is 16.9. The molecule has 1 aliphatic heterocycles. The zero-order chi connectivity index (χ0) is 21.7. The van der Waals surface area contributed by atoms with Gasteiger partial charge in [-0.05, 0) is 36.2 Å². The molecule has 2 aromatic carbocycles. The summed E-state index contributed by atoms with van der Waals surface area (Å²) in [4.78, 5) is 24.5. The molecule has 156 valence electrons. The Morgan fingerprint density at radius 1 is 1.33 bits per heavy atom. The van der Waals surface area contributed by atoms with Crippen LogP contribution in [0.1, 0.15) is 19.4 Å². The lowest BCUT2D eigenvalue weighted by molar-refractivity contribution is -0.119. The summed E-state index contributed by atoms with van der Waals surface area (Å²) in [6.45, 7) is 4.39. The molecule has 3 rings (SSSR count). The van der Waals surface area contributed by atoms with Gasteiger partial charge < -0.3 is 10.1 Å². The molecule has 0 radical (unpaired) electrons. The van der Waals surface area contributed by atoms with Crippen molar-refractivity contribution < 1.29 is 18.7 Å². The van der Waals surface area contributed by atoms with Gasteiger partial charge in [0.1, 0.15) is 11.9 Å². The van der Waals surface area contributed by atoms with Gasteiger partial charge >= 0.3 is 6.09 Å². The largest absolute Gasteiger partial charge is 0.442 e. The minimum absolute atomic E-state index is 0.0233. The Kier molecular flexibility index (Phi) is 6.70. The van der Waals surface area contributed by atoms with Crippen molar-refractivity contribution in [2.24, 2.45) is 0 Å². The summed E-state index contributed by atoms with van der Waals surface area (Å²) >= 11 is 0. The number of rotatable bonds is 7. The van der Waals surface area contributed by atoms with Gasteiger partial charge in [-0.3, -0.25) is 15.0 Å². The van der Waals surface area contributed by atoms with Crippen molar-refractivity contribution in [2.45, 2.75) is 32.5 Å². The third kappa shape index (κ3) is 5.16. The summed E-state index contributed by atoms with van der Waals surface area (Å²) in [5.74, 6) is 1.98. The first-order valence-corrected chi connectivity index (χ1v) is 9.68. The van der Waals surface area contributed by atoms with Crippen molar-refractivity contribution in [3.8, 4) is 23.5 Å². The maximum absolute atomic E-state index is 14.8. The second kappa shape index (κ2) is 9.42. The lowest BCUT2D eigenvalue weighted by Crippen LogP contribution is -2.33. The summed E-state index contributed by atoms with van der Waals surface area (Å²) in [5.41, 5.74) is 2.64. The van der Waals surface area contributed by atoms with Gasteiger partial charge in [-0.1, -0.05) is 30.2 Å². The summed E-state index contributed by atoms with van der Waals surface area (Å²) in [6.07, 6.45) is 4.32. The number of hydrogen-bond donors (Lipinski definition) is 2. The molecular formula is C23H24FN3O3. The molecular weight excluding hydrogens is 385 g/mol. The Morgan fingerprint density at radius 2 is 2.07 bits per heavy atom. The second-order valence-corrected chi connectivity index (χ2v) is 7.18. The highest BCUT2D eigenvalue weighted by Crippen LogP contribution is 2.29. The predicted octanol–water partition coefficient (Wildman–Crippen LogP) is 3.07. The number of amides is 2. The normalized spacial score (nSPS) is 16.7. The molecule has 1 aliphatic rings. The Labute approximate surface area is 175 Å². The molecule has 0 aromatic heterocycles. The van der Waals surface area contributed by atoms with Gasteiger partial charge in [-0.2, -0.15) is 0 Å². The van der Waals surface area contributed by atoms with Gasteiger partial charge in [0.05, 0.1) is 24.8 Å². The third-order valence-electron chi connectivity index (χ3n) is 4.84. The van der Waals surface area contributed by atoms with Crippen molar-refractivity contribution in [1.82, 2.24) is 10.6 Å². The highest BCUT2D eigenvalue weighted by Gasteiger charge is 2.32. The van der Waals surface area contributed by atoms with E-state index in [4.69, 9.17) is 11.2 Å². The number of carbonyl (C=O) groups excluding carboxylic acids is 2. The molecule has 2 atom stereocenters.